The van der Waals surface area contributed by atoms with Crippen LogP contribution in [0.3, 0.4) is 0 Å². The molecule has 3 amide bonds. The number of phenols is 1. The normalized spacial score (nSPS) is 18.0. The van der Waals surface area contributed by atoms with Gasteiger partial charge in [0.05, 0.1) is 6.42 Å². The Morgan fingerprint density at radius 2 is 2.14 bits per heavy atom. The predicted octanol–water partition coefficient (Wildman–Crippen LogP) is 1.14. The van der Waals surface area contributed by atoms with Gasteiger partial charge in [0.2, 0.25) is 5.91 Å². The third-order valence-corrected chi connectivity index (χ3v) is 3.66. The van der Waals surface area contributed by atoms with Gasteiger partial charge in [-0.15, -0.1) is 0 Å². The zero-order valence-electron chi connectivity index (χ0n) is 12.4. The SMILES string of the molecule is CCCN(C(=O)c1c(O)cccc1F)C1CC(=O)N(C)C1=O. The minimum atomic E-state index is -0.955. The molecule has 2 rings (SSSR count). The molecule has 1 aliphatic heterocycles. The summed E-state index contributed by atoms with van der Waals surface area (Å²) in [4.78, 5) is 38.4. The lowest BCUT2D eigenvalue weighted by atomic mass is 10.1. The van der Waals surface area contributed by atoms with E-state index >= 15 is 0 Å². The van der Waals surface area contributed by atoms with Gasteiger partial charge in [0.25, 0.3) is 11.8 Å². The number of aromatic hydroxyl groups is 1. The minimum absolute atomic E-state index is 0.129. The number of likely N-dealkylation sites (N-methyl/N-ethyl adjacent to an activating group) is 1. The van der Waals surface area contributed by atoms with Crippen LogP contribution in [-0.4, -0.2) is 52.3 Å². The number of phenolic OH excluding ortho intramolecular Hbond substituents is 1. The molecular formula is C15H17FN2O4. The van der Waals surface area contributed by atoms with Crippen LogP contribution in [0.1, 0.15) is 30.1 Å². The molecule has 1 N–H and O–H groups in total. The first-order valence-electron chi connectivity index (χ1n) is 6.97. The molecule has 1 unspecified atom stereocenters. The Morgan fingerprint density at radius 3 is 2.64 bits per heavy atom. The largest absolute Gasteiger partial charge is 0.507 e. The van der Waals surface area contributed by atoms with Crippen molar-refractivity contribution in [2.75, 3.05) is 13.6 Å². The highest BCUT2D eigenvalue weighted by Crippen LogP contribution is 2.25. The summed E-state index contributed by atoms with van der Waals surface area (Å²) in [5, 5.41) is 9.74. The van der Waals surface area contributed by atoms with Crippen LogP contribution in [0, 0.1) is 5.82 Å². The van der Waals surface area contributed by atoms with Gasteiger partial charge < -0.3 is 10.0 Å². The Hall–Kier alpha value is -2.44. The number of hydrogen-bond donors (Lipinski definition) is 1. The molecule has 1 aliphatic rings. The van der Waals surface area contributed by atoms with E-state index in [0.717, 1.165) is 15.9 Å². The molecule has 0 aliphatic carbocycles. The van der Waals surface area contributed by atoms with Crippen molar-refractivity contribution >= 4 is 17.7 Å². The molecule has 0 aromatic heterocycles. The van der Waals surface area contributed by atoms with Crippen molar-refractivity contribution in [1.29, 1.82) is 0 Å². The highest BCUT2D eigenvalue weighted by molar-refractivity contribution is 6.08. The van der Waals surface area contributed by atoms with Crippen molar-refractivity contribution in [2.24, 2.45) is 0 Å². The van der Waals surface area contributed by atoms with E-state index in [4.69, 9.17) is 0 Å². The Bertz CT molecular complexity index is 612. The molecule has 7 heteroatoms. The fourth-order valence-corrected chi connectivity index (χ4v) is 2.49. The number of imide groups is 1. The summed E-state index contributed by atoms with van der Waals surface area (Å²) in [5.74, 6) is -3.03. The van der Waals surface area contributed by atoms with E-state index in [-0.39, 0.29) is 18.9 Å². The number of nitrogens with zero attached hydrogens (tertiary/aromatic N) is 2. The van der Waals surface area contributed by atoms with Gasteiger partial charge in [0, 0.05) is 13.6 Å². The van der Waals surface area contributed by atoms with Crippen LogP contribution in [-0.2, 0) is 9.59 Å². The van der Waals surface area contributed by atoms with E-state index in [0.29, 0.717) is 6.42 Å². The van der Waals surface area contributed by atoms with Gasteiger partial charge in [-0.25, -0.2) is 4.39 Å². The van der Waals surface area contributed by atoms with Crippen LogP contribution in [0.4, 0.5) is 4.39 Å². The van der Waals surface area contributed by atoms with E-state index in [1.165, 1.54) is 19.2 Å². The molecule has 0 saturated carbocycles. The Balaban J connectivity index is 2.38. The zero-order valence-corrected chi connectivity index (χ0v) is 12.4. The van der Waals surface area contributed by atoms with Crippen LogP contribution in [0.2, 0.25) is 0 Å². The van der Waals surface area contributed by atoms with E-state index in [2.05, 4.69) is 0 Å². The van der Waals surface area contributed by atoms with E-state index in [9.17, 15) is 23.9 Å². The van der Waals surface area contributed by atoms with Crippen LogP contribution in [0.25, 0.3) is 0 Å². The maximum absolute atomic E-state index is 13.9. The monoisotopic (exact) mass is 308 g/mol. The Labute approximate surface area is 127 Å². The van der Waals surface area contributed by atoms with Gasteiger partial charge in [0.1, 0.15) is 23.2 Å². The number of likely N-dealkylation sites (tertiary alicyclic amines) is 1. The lowest BCUT2D eigenvalue weighted by Crippen LogP contribution is -2.45. The summed E-state index contributed by atoms with van der Waals surface area (Å²) in [6.45, 7) is 1.98. The molecule has 1 aromatic rings. The molecule has 1 fully saturated rings. The van der Waals surface area contributed by atoms with Crippen molar-refractivity contribution in [2.45, 2.75) is 25.8 Å². The average molecular weight is 308 g/mol. The van der Waals surface area contributed by atoms with Crippen molar-refractivity contribution in [1.82, 2.24) is 9.80 Å². The molecule has 0 spiro atoms. The molecule has 1 heterocycles. The fourth-order valence-electron chi connectivity index (χ4n) is 2.49. The zero-order chi connectivity index (χ0) is 16.4. The number of rotatable bonds is 4. The minimum Gasteiger partial charge on any atom is -0.507 e. The lowest BCUT2D eigenvalue weighted by molar-refractivity contribution is -0.137. The third kappa shape index (κ3) is 2.66. The van der Waals surface area contributed by atoms with Gasteiger partial charge in [-0.1, -0.05) is 13.0 Å². The van der Waals surface area contributed by atoms with Gasteiger partial charge in [-0.3, -0.25) is 19.3 Å². The topological polar surface area (TPSA) is 77.9 Å². The number of benzene rings is 1. The Kier molecular flexibility index (Phi) is 4.44. The van der Waals surface area contributed by atoms with Gasteiger partial charge in [0.15, 0.2) is 0 Å². The summed E-state index contributed by atoms with van der Waals surface area (Å²) in [7, 11) is 1.35. The van der Waals surface area contributed by atoms with E-state index in [1.54, 1.807) is 6.92 Å². The molecule has 0 bridgehead atoms. The summed E-state index contributed by atoms with van der Waals surface area (Å²) < 4.78 is 13.9. The average Bonchev–Trinajstić information content (AvgIpc) is 2.72. The van der Waals surface area contributed by atoms with Crippen molar-refractivity contribution in [3.63, 3.8) is 0 Å². The molecule has 6 nitrogen and oxygen atoms in total. The van der Waals surface area contributed by atoms with Gasteiger partial charge in [-0.05, 0) is 18.6 Å². The third-order valence-electron chi connectivity index (χ3n) is 3.66. The van der Waals surface area contributed by atoms with Crippen molar-refractivity contribution in [3.05, 3.63) is 29.6 Å². The molecule has 1 saturated heterocycles. The number of hydrogen-bond acceptors (Lipinski definition) is 4. The van der Waals surface area contributed by atoms with Gasteiger partial charge in [-0.2, -0.15) is 0 Å². The maximum Gasteiger partial charge on any atom is 0.261 e. The summed E-state index contributed by atoms with van der Waals surface area (Å²) in [6.07, 6.45) is 0.402. The standard InChI is InChI=1S/C15H17FN2O4/c1-3-7-18(10-8-12(20)17(2)14(10)21)15(22)13-9(16)5-4-6-11(13)19/h4-6,10,19H,3,7-8H2,1-2H3. The summed E-state index contributed by atoms with van der Waals surface area (Å²) in [5.41, 5.74) is -0.481. The molecule has 1 atom stereocenters. The summed E-state index contributed by atoms with van der Waals surface area (Å²) >= 11 is 0. The fraction of sp³-hybridized carbons (Fsp3) is 0.400. The van der Waals surface area contributed by atoms with Crippen LogP contribution in [0.5, 0.6) is 5.75 Å². The summed E-state index contributed by atoms with van der Waals surface area (Å²) in [6, 6.07) is 2.59. The second kappa shape index (κ2) is 6.13. The second-order valence-electron chi connectivity index (χ2n) is 5.14. The molecular weight excluding hydrogens is 291 g/mol. The Morgan fingerprint density at radius 1 is 1.45 bits per heavy atom. The quantitative estimate of drug-likeness (QED) is 0.846. The maximum atomic E-state index is 13.9. The van der Waals surface area contributed by atoms with Gasteiger partial charge >= 0.3 is 0 Å². The highest BCUT2D eigenvalue weighted by atomic mass is 19.1. The second-order valence-corrected chi connectivity index (χ2v) is 5.14. The number of carbonyl (C=O) groups is 3. The first-order chi connectivity index (χ1) is 10.4. The molecule has 22 heavy (non-hydrogen) atoms. The number of carbonyl (C=O) groups excluding carboxylic acids is 3. The van der Waals surface area contributed by atoms with Crippen LogP contribution >= 0.6 is 0 Å². The first-order valence-corrected chi connectivity index (χ1v) is 6.97. The number of halogens is 1. The molecule has 1 aromatic carbocycles. The highest BCUT2D eigenvalue weighted by Gasteiger charge is 2.42. The van der Waals surface area contributed by atoms with E-state index < -0.39 is 35.0 Å². The van der Waals surface area contributed by atoms with Crippen molar-refractivity contribution < 1.29 is 23.9 Å². The molecule has 0 radical (unpaired) electrons. The molecule has 118 valence electrons. The number of amides is 3. The first kappa shape index (κ1) is 15.9. The van der Waals surface area contributed by atoms with Crippen LogP contribution in [0.15, 0.2) is 18.2 Å². The van der Waals surface area contributed by atoms with Crippen molar-refractivity contribution in [3.8, 4) is 5.75 Å². The smallest absolute Gasteiger partial charge is 0.261 e. The predicted molar refractivity (Wildman–Crippen MR) is 75.6 cm³/mol. The lowest BCUT2D eigenvalue weighted by Gasteiger charge is -2.27. The van der Waals surface area contributed by atoms with Crippen LogP contribution < -0.4 is 0 Å². The van der Waals surface area contributed by atoms with E-state index in [1.807, 2.05) is 0 Å².